The smallest absolute Gasteiger partial charge is 0.147 e. The molecule has 1 aromatic heterocycles. The molecular formula is C9H7FN2OS. The van der Waals surface area contributed by atoms with Crippen LogP contribution in [0.2, 0.25) is 0 Å². The van der Waals surface area contributed by atoms with Crippen molar-refractivity contribution in [1.82, 2.24) is 10.2 Å². The SMILES string of the molecule is OCc1nnc(-c2ccc(F)cc2)s1. The van der Waals surface area contributed by atoms with Gasteiger partial charge in [-0.1, -0.05) is 11.3 Å². The van der Waals surface area contributed by atoms with Crippen molar-refractivity contribution in [2.24, 2.45) is 0 Å². The Hall–Kier alpha value is -1.33. The number of hydrogen-bond acceptors (Lipinski definition) is 4. The lowest BCUT2D eigenvalue weighted by molar-refractivity contribution is 0.280. The molecule has 2 aromatic rings. The molecule has 0 radical (unpaired) electrons. The summed E-state index contributed by atoms with van der Waals surface area (Å²) < 4.78 is 12.6. The van der Waals surface area contributed by atoms with E-state index in [1.54, 1.807) is 12.1 Å². The van der Waals surface area contributed by atoms with Crippen LogP contribution in [-0.4, -0.2) is 15.3 Å². The first-order valence-corrected chi connectivity index (χ1v) is 4.80. The van der Waals surface area contributed by atoms with Crippen LogP contribution in [0.15, 0.2) is 24.3 Å². The molecule has 0 saturated carbocycles. The van der Waals surface area contributed by atoms with Gasteiger partial charge in [-0.05, 0) is 24.3 Å². The van der Waals surface area contributed by atoms with Crippen LogP contribution in [0.1, 0.15) is 5.01 Å². The lowest BCUT2D eigenvalue weighted by atomic mass is 10.2. The Kier molecular flexibility index (Phi) is 2.51. The molecule has 14 heavy (non-hydrogen) atoms. The van der Waals surface area contributed by atoms with Gasteiger partial charge in [-0.25, -0.2) is 4.39 Å². The maximum atomic E-state index is 12.6. The third-order valence-electron chi connectivity index (χ3n) is 1.69. The first-order chi connectivity index (χ1) is 6.79. The van der Waals surface area contributed by atoms with Gasteiger partial charge in [-0.3, -0.25) is 0 Å². The fourth-order valence-corrected chi connectivity index (χ4v) is 1.73. The highest BCUT2D eigenvalue weighted by Gasteiger charge is 2.05. The normalized spacial score (nSPS) is 10.4. The molecule has 0 aliphatic heterocycles. The van der Waals surface area contributed by atoms with Crippen LogP contribution in [0.3, 0.4) is 0 Å². The second-order valence-electron chi connectivity index (χ2n) is 2.67. The molecule has 3 nitrogen and oxygen atoms in total. The Morgan fingerprint density at radius 2 is 1.93 bits per heavy atom. The second kappa shape index (κ2) is 3.81. The van der Waals surface area contributed by atoms with Crippen molar-refractivity contribution in [2.45, 2.75) is 6.61 Å². The van der Waals surface area contributed by atoms with E-state index in [-0.39, 0.29) is 12.4 Å². The summed E-state index contributed by atoms with van der Waals surface area (Å²) in [5.74, 6) is -0.277. The molecule has 0 fully saturated rings. The molecule has 1 heterocycles. The summed E-state index contributed by atoms with van der Waals surface area (Å²) in [4.78, 5) is 0. The van der Waals surface area contributed by atoms with E-state index in [0.717, 1.165) is 5.56 Å². The summed E-state index contributed by atoms with van der Waals surface area (Å²) in [5, 5.41) is 17.7. The molecule has 72 valence electrons. The minimum Gasteiger partial charge on any atom is -0.389 e. The molecule has 0 aliphatic carbocycles. The molecule has 0 atom stereocenters. The average molecular weight is 210 g/mol. The van der Waals surface area contributed by atoms with Crippen LogP contribution in [0.25, 0.3) is 10.6 Å². The van der Waals surface area contributed by atoms with Crippen molar-refractivity contribution in [3.05, 3.63) is 35.1 Å². The number of benzene rings is 1. The van der Waals surface area contributed by atoms with Crippen LogP contribution < -0.4 is 0 Å². The number of nitrogens with zero attached hydrogens (tertiary/aromatic N) is 2. The average Bonchev–Trinajstić information content (AvgIpc) is 2.67. The number of hydrogen-bond donors (Lipinski definition) is 1. The Bertz CT molecular complexity index is 427. The summed E-state index contributed by atoms with van der Waals surface area (Å²) in [7, 11) is 0. The molecule has 0 bridgehead atoms. The van der Waals surface area contributed by atoms with Gasteiger partial charge < -0.3 is 5.11 Å². The predicted molar refractivity (Wildman–Crippen MR) is 51.2 cm³/mol. The molecule has 0 saturated heterocycles. The second-order valence-corrected chi connectivity index (χ2v) is 3.73. The molecule has 5 heteroatoms. The van der Waals surface area contributed by atoms with Gasteiger partial charge in [0.15, 0.2) is 0 Å². The van der Waals surface area contributed by atoms with Crippen molar-refractivity contribution in [3.63, 3.8) is 0 Å². The largest absolute Gasteiger partial charge is 0.389 e. The van der Waals surface area contributed by atoms with Crippen molar-refractivity contribution in [2.75, 3.05) is 0 Å². The number of aromatic nitrogens is 2. The Labute approximate surface area is 83.9 Å². The van der Waals surface area contributed by atoms with Gasteiger partial charge in [0.05, 0.1) is 6.61 Å². The molecule has 1 aromatic carbocycles. The standard InChI is InChI=1S/C9H7FN2OS/c10-7-3-1-6(2-4-7)9-12-11-8(5-13)14-9/h1-4,13H,5H2. The maximum Gasteiger partial charge on any atom is 0.147 e. The summed E-state index contributed by atoms with van der Waals surface area (Å²) in [5.41, 5.74) is 0.809. The Morgan fingerprint density at radius 1 is 1.21 bits per heavy atom. The lowest BCUT2D eigenvalue weighted by Crippen LogP contribution is -1.79. The highest BCUT2D eigenvalue weighted by Crippen LogP contribution is 2.23. The first kappa shape index (κ1) is 9.23. The molecule has 0 spiro atoms. The van der Waals surface area contributed by atoms with E-state index < -0.39 is 0 Å². The van der Waals surface area contributed by atoms with Gasteiger partial charge in [0.1, 0.15) is 15.8 Å². The predicted octanol–water partition coefficient (Wildman–Crippen LogP) is 1.84. The van der Waals surface area contributed by atoms with E-state index in [2.05, 4.69) is 10.2 Å². The highest BCUT2D eigenvalue weighted by molar-refractivity contribution is 7.14. The third kappa shape index (κ3) is 1.78. The summed E-state index contributed by atoms with van der Waals surface area (Å²) >= 11 is 1.30. The van der Waals surface area contributed by atoms with Crippen LogP contribution in [-0.2, 0) is 6.61 Å². The molecule has 0 aliphatic rings. The molecular weight excluding hydrogens is 203 g/mol. The fourth-order valence-electron chi connectivity index (χ4n) is 1.03. The zero-order valence-electron chi connectivity index (χ0n) is 7.14. The van der Waals surface area contributed by atoms with E-state index in [1.807, 2.05) is 0 Å². The summed E-state index contributed by atoms with van der Waals surface area (Å²) in [6, 6.07) is 6.01. The molecule has 1 N–H and O–H groups in total. The fraction of sp³-hybridized carbons (Fsp3) is 0.111. The van der Waals surface area contributed by atoms with Gasteiger partial charge in [0, 0.05) is 5.56 Å². The van der Waals surface area contributed by atoms with Crippen LogP contribution in [0, 0.1) is 5.82 Å². The van der Waals surface area contributed by atoms with Crippen molar-refractivity contribution in [3.8, 4) is 10.6 Å². The quantitative estimate of drug-likeness (QED) is 0.822. The summed E-state index contributed by atoms with van der Waals surface area (Å²) in [6.45, 7) is -0.112. The lowest BCUT2D eigenvalue weighted by Gasteiger charge is -1.93. The topological polar surface area (TPSA) is 46.0 Å². The number of rotatable bonds is 2. The van der Waals surface area contributed by atoms with Gasteiger partial charge >= 0.3 is 0 Å². The monoisotopic (exact) mass is 210 g/mol. The van der Waals surface area contributed by atoms with E-state index in [0.29, 0.717) is 10.0 Å². The molecule has 2 rings (SSSR count). The van der Waals surface area contributed by atoms with Crippen molar-refractivity contribution >= 4 is 11.3 Å². The van der Waals surface area contributed by atoms with Gasteiger partial charge in [-0.2, -0.15) is 0 Å². The minimum absolute atomic E-state index is 0.112. The van der Waals surface area contributed by atoms with E-state index in [4.69, 9.17) is 5.11 Å². The van der Waals surface area contributed by atoms with Crippen LogP contribution in [0.4, 0.5) is 4.39 Å². The van der Waals surface area contributed by atoms with E-state index in [9.17, 15) is 4.39 Å². The summed E-state index contributed by atoms with van der Waals surface area (Å²) in [6.07, 6.45) is 0. The zero-order valence-corrected chi connectivity index (χ0v) is 7.96. The zero-order chi connectivity index (χ0) is 9.97. The number of aliphatic hydroxyl groups excluding tert-OH is 1. The van der Waals surface area contributed by atoms with Gasteiger partial charge in [-0.15, -0.1) is 10.2 Å². The van der Waals surface area contributed by atoms with E-state index in [1.165, 1.54) is 23.5 Å². The number of halogens is 1. The third-order valence-corrected chi connectivity index (χ3v) is 2.65. The Balaban J connectivity index is 2.34. The molecule has 0 unspecified atom stereocenters. The van der Waals surface area contributed by atoms with Crippen LogP contribution in [0.5, 0.6) is 0 Å². The Morgan fingerprint density at radius 3 is 2.50 bits per heavy atom. The first-order valence-electron chi connectivity index (χ1n) is 3.99. The maximum absolute atomic E-state index is 12.6. The minimum atomic E-state index is -0.277. The molecule has 0 amide bonds. The number of aliphatic hydroxyl groups is 1. The van der Waals surface area contributed by atoms with Gasteiger partial charge in [0.25, 0.3) is 0 Å². The van der Waals surface area contributed by atoms with Crippen molar-refractivity contribution < 1.29 is 9.50 Å². The highest BCUT2D eigenvalue weighted by atomic mass is 32.1. The van der Waals surface area contributed by atoms with E-state index >= 15 is 0 Å². The van der Waals surface area contributed by atoms with Gasteiger partial charge in [0.2, 0.25) is 0 Å². The van der Waals surface area contributed by atoms with Crippen molar-refractivity contribution in [1.29, 1.82) is 0 Å². The van der Waals surface area contributed by atoms with Crippen LogP contribution >= 0.6 is 11.3 Å².